The number of benzene rings is 1. The van der Waals surface area contributed by atoms with E-state index >= 15 is 0 Å². The fourth-order valence-corrected chi connectivity index (χ4v) is 3.24. The first-order valence-corrected chi connectivity index (χ1v) is 7.84. The van der Waals surface area contributed by atoms with E-state index in [4.69, 9.17) is 18.0 Å². The highest BCUT2D eigenvalue weighted by atomic mass is 32.2. The van der Waals surface area contributed by atoms with Gasteiger partial charge in [0.15, 0.2) is 0 Å². The number of thiocarbonyl (C=S) groups is 1. The Morgan fingerprint density at radius 2 is 2.00 bits per heavy atom. The summed E-state index contributed by atoms with van der Waals surface area (Å²) in [5.74, 6) is -0.0589. The number of nitrogens with two attached hydrogens (primary N) is 1. The van der Waals surface area contributed by atoms with Gasteiger partial charge in [0.2, 0.25) is 10.0 Å². The minimum absolute atomic E-state index is 0.0589. The number of rotatable bonds is 7. The van der Waals surface area contributed by atoms with Crippen molar-refractivity contribution in [1.29, 1.82) is 0 Å². The van der Waals surface area contributed by atoms with Crippen LogP contribution in [-0.2, 0) is 15.8 Å². The van der Waals surface area contributed by atoms with Gasteiger partial charge < -0.3 is 5.73 Å². The van der Waals surface area contributed by atoms with Crippen molar-refractivity contribution < 1.29 is 8.42 Å². The molecule has 0 aliphatic rings. The van der Waals surface area contributed by atoms with Gasteiger partial charge in [-0.25, -0.2) is 13.1 Å². The van der Waals surface area contributed by atoms with Gasteiger partial charge >= 0.3 is 0 Å². The van der Waals surface area contributed by atoms with Crippen LogP contribution in [-0.4, -0.2) is 19.4 Å². The van der Waals surface area contributed by atoms with Crippen LogP contribution in [0.3, 0.4) is 0 Å². The smallest absolute Gasteiger partial charge is 0.216 e. The molecule has 0 aliphatic carbocycles. The Labute approximate surface area is 114 Å². The molecule has 1 aromatic carbocycles. The van der Waals surface area contributed by atoms with Crippen LogP contribution < -0.4 is 10.5 Å². The largest absolute Gasteiger partial charge is 0.392 e. The minimum atomic E-state index is -3.42. The monoisotopic (exact) mass is 286 g/mol. The van der Waals surface area contributed by atoms with E-state index in [0.717, 1.165) is 12.0 Å². The third-order valence-electron chi connectivity index (χ3n) is 2.44. The van der Waals surface area contributed by atoms with E-state index in [2.05, 4.69) is 4.72 Å². The molecule has 18 heavy (non-hydrogen) atoms. The molecule has 0 amide bonds. The highest BCUT2D eigenvalue weighted by Crippen LogP contribution is 2.06. The Morgan fingerprint density at radius 3 is 2.50 bits per heavy atom. The van der Waals surface area contributed by atoms with Gasteiger partial charge in [-0.05, 0) is 12.0 Å². The fourth-order valence-electron chi connectivity index (χ4n) is 1.60. The van der Waals surface area contributed by atoms with Gasteiger partial charge in [-0.3, -0.25) is 0 Å². The van der Waals surface area contributed by atoms with Crippen LogP contribution in [0.4, 0.5) is 0 Å². The SMILES string of the molecule is CCCC(NS(=O)(=O)Cc1ccccc1)C(N)=S. The topological polar surface area (TPSA) is 72.2 Å². The number of hydrogen-bond donors (Lipinski definition) is 2. The molecular formula is C12H18N2O2S2. The molecule has 100 valence electrons. The lowest BCUT2D eigenvalue weighted by atomic mass is 10.2. The Morgan fingerprint density at radius 1 is 1.39 bits per heavy atom. The Kier molecular flexibility index (Phi) is 5.71. The summed E-state index contributed by atoms with van der Waals surface area (Å²) < 4.78 is 26.5. The van der Waals surface area contributed by atoms with Crippen LogP contribution in [0.25, 0.3) is 0 Å². The van der Waals surface area contributed by atoms with Crippen molar-refractivity contribution in [2.24, 2.45) is 5.73 Å². The van der Waals surface area contributed by atoms with Gasteiger partial charge in [-0.1, -0.05) is 55.9 Å². The van der Waals surface area contributed by atoms with Gasteiger partial charge in [-0.2, -0.15) is 0 Å². The van der Waals surface area contributed by atoms with Crippen LogP contribution in [0.1, 0.15) is 25.3 Å². The lowest BCUT2D eigenvalue weighted by Gasteiger charge is -2.16. The Balaban J connectivity index is 2.72. The van der Waals surface area contributed by atoms with Crippen molar-refractivity contribution in [2.75, 3.05) is 0 Å². The van der Waals surface area contributed by atoms with E-state index in [9.17, 15) is 8.42 Å². The van der Waals surface area contributed by atoms with Crippen molar-refractivity contribution in [3.8, 4) is 0 Å². The zero-order valence-corrected chi connectivity index (χ0v) is 11.9. The lowest BCUT2D eigenvalue weighted by Crippen LogP contribution is -2.43. The molecule has 0 spiro atoms. The molecule has 4 nitrogen and oxygen atoms in total. The molecule has 1 rings (SSSR count). The summed E-state index contributed by atoms with van der Waals surface area (Å²) in [6, 6.07) is 8.55. The summed E-state index contributed by atoms with van der Waals surface area (Å²) in [6.07, 6.45) is 1.43. The normalized spacial score (nSPS) is 13.2. The quantitative estimate of drug-likeness (QED) is 0.746. The maximum atomic E-state index is 12.0. The van der Waals surface area contributed by atoms with Crippen molar-refractivity contribution in [3.63, 3.8) is 0 Å². The van der Waals surface area contributed by atoms with Crippen molar-refractivity contribution >= 4 is 27.2 Å². The number of nitrogens with one attached hydrogen (secondary N) is 1. The molecule has 3 N–H and O–H groups in total. The van der Waals surface area contributed by atoms with Crippen molar-refractivity contribution in [2.45, 2.75) is 31.6 Å². The molecular weight excluding hydrogens is 268 g/mol. The van der Waals surface area contributed by atoms with Crippen molar-refractivity contribution in [3.05, 3.63) is 35.9 Å². The van der Waals surface area contributed by atoms with E-state index in [1.165, 1.54) is 0 Å². The summed E-state index contributed by atoms with van der Waals surface area (Å²) in [5, 5.41) is 0. The lowest BCUT2D eigenvalue weighted by molar-refractivity contribution is 0.566. The van der Waals surface area contributed by atoms with Crippen molar-refractivity contribution in [1.82, 2.24) is 4.72 Å². The average molecular weight is 286 g/mol. The van der Waals surface area contributed by atoms with Gasteiger partial charge in [0.1, 0.15) is 0 Å². The second-order valence-electron chi connectivity index (χ2n) is 4.11. The standard InChI is InChI=1S/C12H18N2O2S2/c1-2-6-11(12(13)17)14-18(15,16)9-10-7-4-3-5-8-10/h3-5,7-8,11,14H,2,6,9H2,1H3,(H2,13,17). The van der Waals surface area contributed by atoms with Crippen LogP contribution in [0.5, 0.6) is 0 Å². The molecule has 1 unspecified atom stereocenters. The molecule has 0 saturated heterocycles. The van der Waals surface area contributed by atoms with Crippen LogP contribution in [0.2, 0.25) is 0 Å². The molecule has 0 bridgehead atoms. The number of sulfonamides is 1. The molecule has 6 heteroatoms. The molecule has 0 aromatic heterocycles. The summed E-state index contributed by atoms with van der Waals surface area (Å²) in [6.45, 7) is 1.96. The van der Waals surface area contributed by atoms with Crippen LogP contribution >= 0.6 is 12.2 Å². The first-order valence-electron chi connectivity index (χ1n) is 5.78. The predicted octanol–water partition coefficient (Wildman–Crippen LogP) is 1.56. The van der Waals surface area contributed by atoms with E-state index in [1.54, 1.807) is 12.1 Å². The highest BCUT2D eigenvalue weighted by Gasteiger charge is 2.19. The fraction of sp³-hybridized carbons (Fsp3) is 0.417. The van der Waals surface area contributed by atoms with E-state index in [0.29, 0.717) is 6.42 Å². The van der Waals surface area contributed by atoms with E-state index in [-0.39, 0.29) is 10.7 Å². The maximum Gasteiger partial charge on any atom is 0.216 e. The number of hydrogen-bond acceptors (Lipinski definition) is 3. The molecule has 0 radical (unpaired) electrons. The third kappa shape index (κ3) is 5.12. The average Bonchev–Trinajstić information content (AvgIpc) is 2.28. The molecule has 0 aliphatic heterocycles. The summed E-state index contributed by atoms with van der Waals surface area (Å²) in [4.78, 5) is 0.188. The van der Waals surface area contributed by atoms with E-state index in [1.807, 2.05) is 25.1 Å². The van der Waals surface area contributed by atoms with Crippen LogP contribution in [0.15, 0.2) is 30.3 Å². The first-order chi connectivity index (χ1) is 8.44. The zero-order chi connectivity index (χ0) is 13.6. The van der Waals surface area contributed by atoms with Crippen LogP contribution in [0, 0.1) is 0 Å². The second kappa shape index (κ2) is 6.82. The highest BCUT2D eigenvalue weighted by molar-refractivity contribution is 7.88. The van der Waals surface area contributed by atoms with Gasteiger partial charge in [0, 0.05) is 0 Å². The van der Waals surface area contributed by atoms with Gasteiger partial charge in [0.05, 0.1) is 16.8 Å². The Bertz CT molecular complexity index is 486. The Hall–Kier alpha value is -0.980. The molecule has 1 atom stereocenters. The molecule has 0 heterocycles. The summed E-state index contributed by atoms with van der Waals surface area (Å²) in [5.41, 5.74) is 6.27. The first kappa shape index (κ1) is 15.1. The predicted molar refractivity (Wildman–Crippen MR) is 77.7 cm³/mol. The summed E-state index contributed by atoms with van der Waals surface area (Å²) >= 11 is 4.87. The molecule has 0 saturated carbocycles. The molecule has 1 aromatic rings. The minimum Gasteiger partial charge on any atom is -0.392 e. The summed E-state index contributed by atoms with van der Waals surface area (Å²) in [7, 11) is -3.42. The third-order valence-corrected chi connectivity index (χ3v) is 4.08. The zero-order valence-electron chi connectivity index (χ0n) is 10.3. The van der Waals surface area contributed by atoms with Gasteiger partial charge in [0.25, 0.3) is 0 Å². The maximum absolute atomic E-state index is 12.0. The molecule has 0 fully saturated rings. The van der Waals surface area contributed by atoms with E-state index < -0.39 is 16.1 Å². The van der Waals surface area contributed by atoms with Gasteiger partial charge in [-0.15, -0.1) is 0 Å². The second-order valence-corrected chi connectivity index (χ2v) is 6.33.